The third-order valence-electron chi connectivity index (χ3n) is 2.58. The lowest BCUT2D eigenvalue weighted by atomic mass is 10.2. The third kappa shape index (κ3) is 2.58. The average molecular weight is 276 g/mol. The Kier molecular flexibility index (Phi) is 3.65. The number of nitrogen functional groups attached to an aromatic ring is 1. The molecule has 0 radical (unpaired) electrons. The molecule has 2 aromatic rings. The van der Waals surface area contributed by atoms with Gasteiger partial charge in [0, 0.05) is 12.1 Å². The van der Waals surface area contributed by atoms with Crippen molar-refractivity contribution in [3.63, 3.8) is 0 Å². The van der Waals surface area contributed by atoms with Gasteiger partial charge in [-0.1, -0.05) is 0 Å². The topological polar surface area (TPSA) is 113 Å². The van der Waals surface area contributed by atoms with Gasteiger partial charge in [-0.05, 0) is 18.6 Å². The third-order valence-corrected chi connectivity index (χ3v) is 2.58. The second-order valence-corrected chi connectivity index (χ2v) is 3.91. The number of nitro benzene ring substituents is 1. The molecule has 8 heteroatoms. The lowest BCUT2D eigenvalue weighted by Gasteiger charge is -2.11. The van der Waals surface area contributed by atoms with Crippen molar-refractivity contribution in [2.45, 2.75) is 6.92 Å². The summed E-state index contributed by atoms with van der Waals surface area (Å²) in [5.41, 5.74) is 6.23. The smallest absolute Gasteiger partial charge is 0.269 e. The fraction of sp³-hybridized carbons (Fsp3) is 0.167. The highest BCUT2D eigenvalue weighted by Crippen LogP contribution is 2.34. The minimum atomic E-state index is -0.472. The van der Waals surface area contributed by atoms with Crippen molar-refractivity contribution >= 4 is 11.5 Å². The van der Waals surface area contributed by atoms with Gasteiger partial charge in [0.15, 0.2) is 5.82 Å². The number of hydrogen-bond donors (Lipinski definition) is 1. The fourth-order valence-corrected chi connectivity index (χ4v) is 1.60. The Morgan fingerprint density at radius 3 is 2.70 bits per heavy atom. The maximum Gasteiger partial charge on any atom is 0.269 e. The summed E-state index contributed by atoms with van der Waals surface area (Å²) in [5, 5.41) is 10.7. The van der Waals surface area contributed by atoms with Crippen LogP contribution in [0.3, 0.4) is 0 Å². The van der Waals surface area contributed by atoms with Crippen LogP contribution in [0.1, 0.15) is 5.56 Å². The molecular formula is C12H12N4O4. The van der Waals surface area contributed by atoms with Crippen LogP contribution in [0.4, 0.5) is 11.5 Å². The van der Waals surface area contributed by atoms with E-state index in [1.165, 1.54) is 31.6 Å². The van der Waals surface area contributed by atoms with E-state index in [2.05, 4.69) is 9.97 Å². The van der Waals surface area contributed by atoms with E-state index in [1.54, 1.807) is 6.92 Å². The number of nitro groups is 1. The molecule has 0 atom stereocenters. The summed E-state index contributed by atoms with van der Waals surface area (Å²) in [6.07, 6.45) is 1.24. The van der Waals surface area contributed by atoms with Crippen LogP contribution in [0.25, 0.3) is 0 Å². The van der Waals surface area contributed by atoms with Crippen LogP contribution in [0.2, 0.25) is 0 Å². The summed E-state index contributed by atoms with van der Waals surface area (Å²) >= 11 is 0. The van der Waals surface area contributed by atoms with E-state index < -0.39 is 4.92 Å². The Labute approximate surface area is 114 Å². The van der Waals surface area contributed by atoms with Gasteiger partial charge in [0.05, 0.1) is 12.0 Å². The van der Waals surface area contributed by atoms with Crippen LogP contribution >= 0.6 is 0 Å². The van der Waals surface area contributed by atoms with Gasteiger partial charge in [-0.2, -0.15) is 4.98 Å². The van der Waals surface area contributed by atoms with E-state index in [0.29, 0.717) is 11.3 Å². The zero-order valence-electron chi connectivity index (χ0n) is 10.9. The number of aryl methyl sites for hydroxylation is 1. The fourth-order valence-electron chi connectivity index (χ4n) is 1.60. The first-order chi connectivity index (χ1) is 9.52. The van der Waals surface area contributed by atoms with Crippen LogP contribution in [0.15, 0.2) is 24.5 Å². The molecule has 0 unspecified atom stereocenters. The number of methoxy groups -OCH3 is 1. The number of anilines is 1. The monoisotopic (exact) mass is 276 g/mol. The number of nitrogens with two attached hydrogens (primary N) is 1. The molecule has 2 N–H and O–H groups in total. The standard InChI is InChI=1S/C12H12N4O4/c1-7-5-8(16(17)18)3-4-9(7)20-12-10(19-2)11(13)14-6-15-12/h3-6H,1-2H3,(H2,13,14,15). The zero-order valence-corrected chi connectivity index (χ0v) is 10.9. The Balaban J connectivity index is 2.36. The number of rotatable bonds is 4. The van der Waals surface area contributed by atoms with Gasteiger partial charge < -0.3 is 15.2 Å². The molecule has 0 aliphatic heterocycles. The molecule has 8 nitrogen and oxygen atoms in total. The van der Waals surface area contributed by atoms with Crippen molar-refractivity contribution in [1.82, 2.24) is 9.97 Å². The Hall–Kier alpha value is -2.90. The molecule has 0 saturated heterocycles. The Bertz CT molecular complexity index is 660. The highest BCUT2D eigenvalue weighted by atomic mass is 16.6. The van der Waals surface area contributed by atoms with E-state index in [1.807, 2.05) is 0 Å². The maximum atomic E-state index is 10.7. The second kappa shape index (κ2) is 5.39. The van der Waals surface area contributed by atoms with E-state index >= 15 is 0 Å². The molecule has 0 amide bonds. The first kappa shape index (κ1) is 13.5. The van der Waals surface area contributed by atoms with Crippen LogP contribution in [-0.4, -0.2) is 22.0 Å². The summed E-state index contributed by atoms with van der Waals surface area (Å²) in [7, 11) is 1.42. The van der Waals surface area contributed by atoms with E-state index in [4.69, 9.17) is 15.2 Å². The molecule has 1 heterocycles. The van der Waals surface area contributed by atoms with Crippen molar-refractivity contribution in [2.75, 3.05) is 12.8 Å². The van der Waals surface area contributed by atoms with Gasteiger partial charge in [0.25, 0.3) is 11.6 Å². The lowest BCUT2D eigenvalue weighted by Crippen LogP contribution is -2.01. The quantitative estimate of drug-likeness (QED) is 0.671. The van der Waals surface area contributed by atoms with Crippen LogP contribution < -0.4 is 15.2 Å². The molecule has 0 aliphatic carbocycles. The molecule has 0 aliphatic rings. The van der Waals surface area contributed by atoms with Gasteiger partial charge >= 0.3 is 0 Å². The number of non-ortho nitro benzene ring substituents is 1. The Morgan fingerprint density at radius 1 is 1.35 bits per heavy atom. The summed E-state index contributed by atoms with van der Waals surface area (Å²) in [6.45, 7) is 1.69. The molecular weight excluding hydrogens is 264 g/mol. The first-order valence-electron chi connectivity index (χ1n) is 5.60. The molecule has 20 heavy (non-hydrogen) atoms. The highest BCUT2D eigenvalue weighted by Gasteiger charge is 2.14. The van der Waals surface area contributed by atoms with Crippen molar-refractivity contribution < 1.29 is 14.4 Å². The Morgan fingerprint density at radius 2 is 2.10 bits per heavy atom. The minimum absolute atomic E-state index is 0.0102. The number of benzene rings is 1. The normalized spacial score (nSPS) is 10.1. The zero-order chi connectivity index (χ0) is 14.7. The summed E-state index contributed by atoms with van der Waals surface area (Å²) in [5.74, 6) is 0.936. The van der Waals surface area contributed by atoms with E-state index in [9.17, 15) is 10.1 Å². The molecule has 1 aromatic carbocycles. The van der Waals surface area contributed by atoms with E-state index in [0.717, 1.165) is 0 Å². The number of nitrogens with zero attached hydrogens (tertiary/aromatic N) is 3. The largest absolute Gasteiger partial charge is 0.489 e. The number of ether oxygens (including phenoxy) is 2. The summed E-state index contributed by atoms with van der Waals surface area (Å²) < 4.78 is 10.6. The highest BCUT2D eigenvalue weighted by molar-refractivity contribution is 5.53. The van der Waals surface area contributed by atoms with Crippen molar-refractivity contribution in [3.8, 4) is 17.4 Å². The van der Waals surface area contributed by atoms with Crippen molar-refractivity contribution in [1.29, 1.82) is 0 Å². The van der Waals surface area contributed by atoms with Gasteiger partial charge in [-0.3, -0.25) is 10.1 Å². The van der Waals surface area contributed by atoms with Gasteiger partial charge in [-0.25, -0.2) is 4.98 Å². The number of hydrogen-bond acceptors (Lipinski definition) is 7. The molecule has 0 saturated carbocycles. The molecule has 104 valence electrons. The first-order valence-corrected chi connectivity index (χ1v) is 5.60. The van der Waals surface area contributed by atoms with Gasteiger partial charge in [0.1, 0.15) is 12.1 Å². The lowest BCUT2D eigenvalue weighted by molar-refractivity contribution is -0.384. The van der Waals surface area contributed by atoms with Gasteiger partial charge in [-0.15, -0.1) is 0 Å². The summed E-state index contributed by atoms with van der Waals surface area (Å²) in [6, 6.07) is 4.25. The van der Waals surface area contributed by atoms with Crippen molar-refractivity contribution in [3.05, 3.63) is 40.2 Å². The van der Waals surface area contributed by atoms with Gasteiger partial charge in [0.2, 0.25) is 5.75 Å². The van der Waals surface area contributed by atoms with Crippen LogP contribution in [0.5, 0.6) is 17.4 Å². The molecule has 2 rings (SSSR count). The maximum absolute atomic E-state index is 10.7. The predicted molar refractivity (Wildman–Crippen MR) is 70.9 cm³/mol. The summed E-state index contributed by atoms with van der Waals surface area (Å²) in [4.78, 5) is 17.9. The molecule has 0 spiro atoms. The SMILES string of the molecule is COc1c(N)ncnc1Oc1ccc([N+](=O)[O-])cc1C. The molecule has 1 aromatic heterocycles. The average Bonchev–Trinajstić information content (AvgIpc) is 2.41. The van der Waals surface area contributed by atoms with Crippen LogP contribution in [0, 0.1) is 17.0 Å². The van der Waals surface area contributed by atoms with Crippen molar-refractivity contribution in [2.24, 2.45) is 0 Å². The van der Waals surface area contributed by atoms with E-state index in [-0.39, 0.29) is 23.1 Å². The second-order valence-electron chi connectivity index (χ2n) is 3.91. The molecule has 0 bridgehead atoms. The predicted octanol–water partition coefficient (Wildman–Crippen LogP) is 2.08. The number of aromatic nitrogens is 2. The minimum Gasteiger partial charge on any atom is -0.489 e. The molecule has 0 fully saturated rings. The van der Waals surface area contributed by atoms with Crippen LogP contribution in [-0.2, 0) is 0 Å².